The van der Waals surface area contributed by atoms with Crippen LogP contribution in [-0.4, -0.2) is 30.9 Å². The molecule has 1 aromatic heterocycles. The zero-order chi connectivity index (χ0) is 18.9. The lowest BCUT2D eigenvalue weighted by Crippen LogP contribution is -2.32. The minimum atomic E-state index is -0.539. The number of benzene rings is 1. The Bertz CT molecular complexity index is 747. The zero-order valence-corrected chi connectivity index (χ0v) is 16.6. The van der Waals surface area contributed by atoms with Crippen molar-refractivity contribution in [3.8, 4) is 0 Å². The number of hydrogen-bond donors (Lipinski definition) is 2. The molecule has 0 saturated carbocycles. The standard InChI is InChI=1S/C18H19BrN2O4S/c1-12(13-4-6-14(19)7-5-13)21-16(22)11-25-17(23)8-9-20-18(24)15-3-2-10-26-15/h2-7,10,12H,8-9,11H2,1H3,(H,20,24)(H,21,22). The molecule has 0 saturated heterocycles. The number of hydrogen-bond acceptors (Lipinski definition) is 5. The minimum Gasteiger partial charge on any atom is -0.456 e. The Morgan fingerprint density at radius 1 is 1.19 bits per heavy atom. The maximum atomic E-state index is 11.9. The van der Waals surface area contributed by atoms with E-state index in [0.29, 0.717) is 4.88 Å². The monoisotopic (exact) mass is 438 g/mol. The fourth-order valence-corrected chi connectivity index (χ4v) is 3.01. The first-order chi connectivity index (χ1) is 12.5. The number of carbonyl (C=O) groups is 3. The fraction of sp³-hybridized carbons (Fsp3) is 0.278. The molecule has 0 bridgehead atoms. The van der Waals surface area contributed by atoms with Crippen LogP contribution >= 0.6 is 27.3 Å². The predicted octanol–water partition coefficient (Wildman–Crippen LogP) is 3.05. The van der Waals surface area contributed by atoms with Gasteiger partial charge in [-0.2, -0.15) is 0 Å². The molecule has 0 radical (unpaired) electrons. The molecule has 2 rings (SSSR count). The maximum Gasteiger partial charge on any atom is 0.308 e. The van der Waals surface area contributed by atoms with E-state index >= 15 is 0 Å². The van der Waals surface area contributed by atoms with Crippen molar-refractivity contribution in [2.45, 2.75) is 19.4 Å². The molecule has 26 heavy (non-hydrogen) atoms. The van der Waals surface area contributed by atoms with Crippen LogP contribution < -0.4 is 10.6 Å². The lowest BCUT2D eigenvalue weighted by Gasteiger charge is -2.14. The molecule has 1 unspecified atom stereocenters. The molecule has 6 nitrogen and oxygen atoms in total. The van der Waals surface area contributed by atoms with Crippen LogP contribution in [-0.2, 0) is 14.3 Å². The van der Waals surface area contributed by atoms with E-state index in [1.165, 1.54) is 11.3 Å². The van der Waals surface area contributed by atoms with Crippen LogP contribution in [0.3, 0.4) is 0 Å². The van der Waals surface area contributed by atoms with Crippen molar-refractivity contribution >= 4 is 45.1 Å². The Hall–Kier alpha value is -2.19. The summed E-state index contributed by atoms with van der Waals surface area (Å²) in [5, 5.41) is 7.19. The highest BCUT2D eigenvalue weighted by atomic mass is 79.9. The van der Waals surface area contributed by atoms with E-state index in [9.17, 15) is 14.4 Å². The topological polar surface area (TPSA) is 84.5 Å². The summed E-state index contributed by atoms with van der Waals surface area (Å²) < 4.78 is 5.88. The van der Waals surface area contributed by atoms with Crippen molar-refractivity contribution in [2.24, 2.45) is 0 Å². The fourth-order valence-electron chi connectivity index (χ4n) is 2.11. The summed E-state index contributed by atoms with van der Waals surface area (Å²) in [6.45, 7) is 1.66. The lowest BCUT2D eigenvalue weighted by atomic mass is 10.1. The van der Waals surface area contributed by atoms with Gasteiger partial charge >= 0.3 is 5.97 Å². The number of ether oxygens (including phenoxy) is 1. The van der Waals surface area contributed by atoms with Crippen LogP contribution in [0.5, 0.6) is 0 Å². The Balaban J connectivity index is 1.64. The van der Waals surface area contributed by atoms with Gasteiger partial charge in [-0.25, -0.2) is 0 Å². The quantitative estimate of drug-likeness (QED) is 0.620. The molecular weight excluding hydrogens is 420 g/mol. The average molecular weight is 439 g/mol. The highest BCUT2D eigenvalue weighted by Gasteiger charge is 2.12. The number of amides is 2. The van der Waals surface area contributed by atoms with E-state index < -0.39 is 5.97 Å². The Kier molecular flexibility index (Phi) is 7.80. The van der Waals surface area contributed by atoms with Crippen molar-refractivity contribution in [3.05, 3.63) is 56.7 Å². The van der Waals surface area contributed by atoms with Gasteiger partial charge in [0.1, 0.15) is 0 Å². The molecule has 2 aromatic rings. The normalized spacial score (nSPS) is 11.5. The third-order valence-corrected chi connectivity index (χ3v) is 4.87. The highest BCUT2D eigenvalue weighted by Crippen LogP contribution is 2.16. The maximum absolute atomic E-state index is 11.9. The predicted molar refractivity (Wildman–Crippen MR) is 103 cm³/mol. The molecule has 2 amide bonds. The third kappa shape index (κ3) is 6.61. The van der Waals surface area contributed by atoms with E-state index in [-0.39, 0.29) is 37.4 Å². The molecule has 138 valence electrons. The summed E-state index contributed by atoms with van der Waals surface area (Å²) in [6.07, 6.45) is 0.00661. The smallest absolute Gasteiger partial charge is 0.308 e. The molecule has 0 aliphatic carbocycles. The first kappa shape index (κ1) is 20.1. The second kappa shape index (κ2) is 10.1. The van der Waals surface area contributed by atoms with Crippen LogP contribution in [0.15, 0.2) is 46.3 Å². The van der Waals surface area contributed by atoms with Gasteiger partial charge < -0.3 is 15.4 Å². The molecule has 0 aliphatic heterocycles. The van der Waals surface area contributed by atoms with Crippen LogP contribution in [0.25, 0.3) is 0 Å². The van der Waals surface area contributed by atoms with Crippen molar-refractivity contribution in [1.29, 1.82) is 0 Å². The van der Waals surface area contributed by atoms with Gasteiger partial charge in [0.2, 0.25) is 0 Å². The van der Waals surface area contributed by atoms with Gasteiger partial charge in [-0.1, -0.05) is 34.1 Å². The Morgan fingerprint density at radius 3 is 2.58 bits per heavy atom. The number of rotatable bonds is 8. The number of thiophene rings is 1. The Labute approximate surface area is 164 Å². The summed E-state index contributed by atoms with van der Waals surface area (Å²) in [5.41, 5.74) is 0.948. The molecule has 0 spiro atoms. The summed E-state index contributed by atoms with van der Waals surface area (Å²) in [5.74, 6) is -1.15. The SMILES string of the molecule is CC(NC(=O)COC(=O)CCNC(=O)c1cccs1)c1ccc(Br)cc1. The Morgan fingerprint density at radius 2 is 1.92 bits per heavy atom. The first-order valence-electron chi connectivity index (χ1n) is 7.98. The zero-order valence-electron chi connectivity index (χ0n) is 14.2. The van der Waals surface area contributed by atoms with Crippen molar-refractivity contribution in [2.75, 3.05) is 13.2 Å². The van der Waals surface area contributed by atoms with Crippen LogP contribution in [0, 0.1) is 0 Å². The number of nitrogens with one attached hydrogen (secondary N) is 2. The van der Waals surface area contributed by atoms with Crippen LogP contribution in [0.4, 0.5) is 0 Å². The molecule has 1 atom stereocenters. The first-order valence-corrected chi connectivity index (χ1v) is 9.65. The summed E-state index contributed by atoms with van der Waals surface area (Å²) in [4.78, 5) is 35.8. The van der Waals surface area contributed by atoms with E-state index in [2.05, 4.69) is 26.6 Å². The lowest BCUT2D eigenvalue weighted by molar-refractivity contribution is -0.148. The van der Waals surface area contributed by atoms with Gasteiger partial charge in [-0.15, -0.1) is 11.3 Å². The number of carbonyl (C=O) groups excluding carboxylic acids is 3. The third-order valence-electron chi connectivity index (χ3n) is 3.47. The van der Waals surface area contributed by atoms with Crippen molar-refractivity contribution in [3.63, 3.8) is 0 Å². The van der Waals surface area contributed by atoms with Crippen molar-refractivity contribution < 1.29 is 19.1 Å². The molecule has 0 aliphatic rings. The van der Waals surface area contributed by atoms with E-state index in [1.807, 2.05) is 31.2 Å². The second-order valence-electron chi connectivity index (χ2n) is 5.48. The molecule has 1 aromatic carbocycles. The largest absolute Gasteiger partial charge is 0.456 e. The molecule has 1 heterocycles. The second-order valence-corrected chi connectivity index (χ2v) is 7.35. The van der Waals surface area contributed by atoms with E-state index in [1.54, 1.807) is 17.5 Å². The number of halogens is 1. The summed E-state index contributed by atoms with van der Waals surface area (Å²) in [7, 11) is 0. The van der Waals surface area contributed by atoms with E-state index in [4.69, 9.17) is 4.74 Å². The summed E-state index contributed by atoms with van der Waals surface area (Å²) >= 11 is 4.68. The van der Waals surface area contributed by atoms with Gasteiger partial charge in [-0.3, -0.25) is 14.4 Å². The highest BCUT2D eigenvalue weighted by molar-refractivity contribution is 9.10. The van der Waals surface area contributed by atoms with Gasteiger partial charge in [0.25, 0.3) is 11.8 Å². The van der Waals surface area contributed by atoms with Crippen molar-refractivity contribution in [1.82, 2.24) is 10.6 Å². The minimum absolute atomic E-state index is 0.00661. The average Bonchev–Trinajstić information content (AvgIpc) is 3.15. The van der Waals surface area contributed by atoms with Crippen LogP contribution in [0.1, 0.15) is 34.6 Å². The molecule has 0 fully saturated rings. The van der Waals surface area contributed by atoms with Gasteiger partial charge in [-0.05, 0) is 36.1 Å². The number of esters is 1. The molecule has 2 N–H and O–H groups in total. The summed E-state index contributed by atoms with van der Waals surface area (Å²) in [6, 6.07) is 10.9. The molecule has 8 heteroatoms. The van der Waals surface area contributed by atoms with Gasteiger partial charge in [0, 0.05) is 11.0 Å². The van der Waals surface area contributed by atoms with Gasteiger partial charge in [0.05, 0.1) is 17.3 Å². The van der Waals surface area contributed by atoms with E-state index in [0.717, 1.165) is 10.0 Å². The molecular formula is C18H19BrN2O4S. The van der Waals surface area contributed by atoms with Gasteiger partial charge in [0.15, 0.2) is 6.61 Å². The van der Waals surface area contributed by atoms with Crippen LogP contribution in [0.2, 0.25) is 0 Å².